The second-order valence-corrected chi connectivity index (χ2v) is 3.97. The number of carbonyl (C=O) groups excluding carboxylic acids is 1. The predicted molar refractivity (Wildman–Crippen MR) is 49.2 cm³/mol. The summed E-state index contributed by atoms with van der Waals surface area (Å²) in [7, 11) is 0. The molecular weight excluding hydrogens is 168 g/mol. The van der Waals surface area contributed by atoms with Gasteiger partial charge in [-0.1, -0.05) is 13.5 Å². The minimum Gasteiger partial charge on any atom is -0.385 e. The fourth-order valence-electron chi connectivity index (χ4n) is 1.64. The van der Waals surface area contributed by atoms with E-state index in [0.717, 1.165) is 0 Å². The molecule has 0 amide bonds. The van der Waals surface area contributed by atoms with Gasteiger partial charge in [0.1, 0.15) is 11.7 Å². The lowest BCUT2D eigenvalue weighted by Crippen LogP contribution is -2.52. The van der Waals surface area contributed by atoms with Gasteiger partial charge in [0.05, 0.1) is 0 Å². The van der Waals surface area contributed by atoms with Crippen molar-refractivity contribution in [2.45, 2.75) is 38.4 Å². The van der Waals surface area contributed by atoms with E-state index in [1.807, 2.05) is 0 Å². The van der Waals surface area contributed by atoms with Gasteiger partial charge in [0.2, 0.25) is 0 Å². The van der Waals surface area contributed by atoms with Crippen molar-refractivity contribution >= 4 is 5.78 Å². The molecule has 0 spiro atoms. The average Bonchev–Trinajstić information content (AvgIpc) is 2.08. The van der Waals surface area contributed by atoms with Crippen LogP contribution in [0.25, 0.3) is 0 Å². The average molecular weight is 184 g/mol. The highest BCUT2D eigenvalue weighted by Gasteiger charge is 2.45. The lowest BCUT2D eigenvalue weighted by molar-refractivity contribution is -0.151. The van der Waals surface area contributed by atoms with Crippen LogP contribution >= 0.6 is 0 Å². The van der Waals surface area contributed by atoms with Crippen molar-refractivity contribution in [2.75, 3.05) is 0 Å². The lowest BCUT2D eigenvalue weighted by atomic mass is 9.73. The van der Waals surface area contributed by atoms with Gasteiger partial charge in [-0.3, -0.25) is 4.79 Å². The van der Waals surface area contributed by atoms with Gasteiger partial charge in [0, 0.05) is 0 Å². The van der Waals surface area contributed by atoms with Crippen LogP contribution in [0, 0.1) is 5.92 Å². The fourth-order valence-corrected chi connectivity index (χ4v) is 1.64. The Balaban J connectivity index is 2.92. The van der Waals surface area contributed by atoms with E-state index in [9.17, 15) is 15.0 Å². The van der Waals surface area contributed by atoms with Crippen LogP contribution in [0.4, 0.5) is 0 Å². The molecule has 1 saturated carbocycles. The number of aliphatic hydroxyl groups excluding tert-OH is 1. The van der Waals surface area contributed by atoms with E-state index in [1.165, 1.54) is 0 Å². The van der Waals surface area contributed by atoms with Gasteiger partial charge in [-0.15, -0.1) is 0 Å². The summed E-state index contributed by atoms with van der Waals surface area (Å²) in [5.41, 5.74) is -1.07. The Labute approximate surface area is 78.1 Å². The Bertz CT molecular complexity index is 247. The molecule has 0 bridgehead atoms. The highest BCUT2D eigenvalue weighted by molar-refractivity contribution is 5.94. The first kappa shape index (κ1) is 10.4. The van der Waals surface area contributed by atoms with Crippen LogP contribution in [-0.4, -0.2) is 27.7 Å². The summed E-state index contributed by atoms with van der Waals surface area (Å²) >= 11 is 0. The number of carbonyl (C=O) groups is 1. The summed E-state index contributed by atoms with van der Waals surface area (Å²) in [4.78, 5) is 11.5. The van der Waals surface area contributed by atoms with Gasteiger partial charge in [-0.05, 0) is 31.3 Å². The van der Waals surface area contributed by atoms with Gasteiger partial charge < -0.3 is 10.2 Å². The van der Waals surface area contributed by atoms with Crippen LogP contribution in [0.1, 0.15) is 26.7 Å². The maximum Gasteiger partial charge on any atom is 0.197 e. The van der Waals surface area contributed by atoms with Gasteiger partial charge in [-0.25, -0.2) is 0 Å². The van der Waals surface area contributed by atoms with E-state index in [1.54, 1.807) is 13.8 Å². The first-order valence-electron chi connectivity index (χ1n) is 4.50. The van der Waals surface area contributed by atoms with E-state index in [-0.39, 0.29) is 5.92 Å². The summed E-state index contributed by atoms with van der Waals surface area (Å²) in [6, 6.07) is 0. The molecule has 1 aliphatic carbocycles. The summed E-state index contributed by atoms with van der Waals surface area (Å²) in [5.74, 6) is -0.564. The molecule has 0 aromatic rings. The lowest BCUT2D eigenvalue weighted by Gasteiger charge is -2.36. The largest absolute Gasteiger partial charge is 0.385 e. The Morgan fingerprint density at radius 2 is 2.23 bits per heavy atom. The minimum atomic E-state index is -1.49. The number of hydrogen-bond acceptors (Lipinski definition) is 3. The summed E-state index contributed by atoms with van der Waals surface area (Å²) in [6.45, 7) is 7.00. The smallest absolute Gasteiger partial charge is 0.197 e. The van der Waals surface area contributed by atoms with E-state index in [0.29, 0.717) is 18.4 Å². The van der Waals surface area contributed by atoms with Crippen LogP contribution in [0.5, 0.6) is 0 Å². The molecule has 3 heteroatoms. The Morgan fingerprint density at radius 3 is 2.69 bits per heavy atom. The van der Waals surface area contributed by atoms with E-state index >= 15 is 0 Å². The number of hydrogen-bond donors (Lipinski definition) is 2. The predicted octanol–water partition coefficient (Wildman–Crippen LogP) is 0.653. The zero-order chi connectivity index (χ0) is 10.2. The van der Waals surface area contributed by atoms with E-state index in [4.69, 9.17) is 0 Å². The topological polar surface area (TPSA) is 57.5 Å². The standard InChI is InChI=1S/C10H16O3/c1-6(2)10(13)5-4-7(3)8(11)9(10)12/h7-8,11,13H,1,4-5H2,2-3H3/t7?,8?,10-/m0/s1. The molecule has 0 saturated heterocycles. The fraction of sp³-hybridized carbons (Fsp3) is 0.700. The van der Waals surface area contributed by atoms with E-state index < -0.39 is 17.5 Å². The SMILES string of the molecule is C=C(C)[C@@]1(O)CCC(C)C(O)C1=O. The monoisotopic (exact) mass is 184 g/mol. The van der Waals surface area contributed by atoms with Crippen LogP contribution in [0.2, 0.25) is 0 Å². The normalized spacial score (nSPS) is 40.5. The van der Waals surface area contributed by atoms with Gasteiger partial charge in [0.15, 0.2) is 5.78 Å². The van der Waals surface area contributed by atoms with Gasteiger partial charge in [0.25, 0.3) is 0 Å². The molecule has 74 valence electrons. The molecule has 1 aliphatic rings. The van der Waals surface area contributed by atoms with Gasteiger partial charge in [-0.2, -0.15) is 0 Å². The van der Waals surface area contributed by atoms with Crippen molar-refractivity contribution in [3.05, 3.63) is 12.2 Å². The molecule has 0 radical (unpaired) electrons. The molecule has 2 unspecified atom stereocenters. The second kappa shape index (κ2) is 3.24. The zero-order valence-electron chi connectivity index (χ0n) is 8.08. The van der Waals surface area contributed by atoms with Crippen LogP contribution < -0.4 is 0 Å². The third-order valence-corrected chi connectivity index (χ3v) is 2.88. The summed E-state index contributed by atoms with van der Waals surface area (Å²) < 4.78 is 0. The molecule has 3 nitrogen and oxygen atoms in total. The molecular formula is C10H16O3. The van der Waals surface area contributed by atoms with Crippen molar-refractivity contribution in [3.8, 4) is 0 Å². The maximum atomic E-state index is 11.5. The van der Waals surface area contributed by atoms with Crippen molar-refractivity contribution in [2.24, 2.45) is 5.92 Å². The quantitative estimate of drug-likeness (QED) is 0.588. The maximum absolute atomic E-state index is 11.5. The van der Waals surface area contributed by atoms with Crippen molar-refractivity contribution < 1.29 is 15.0 Å². The Morgan fingerprint density at radius 1 is 1.69 bits per heavy atom. The Hall–Kier alpha value is -0.670. The van der Waals surface area contributed by atoms with Crippen molar-refractivity contribution in [1.29, 1.82) is 0 Å². The van der Waals surface area contributed by atoms with Crippen LogP contribution in [-0.2, 0) is 4.79 Å². The number of Topliss-reactive ketones (excluding diaryl/α,β-unsaturated/α-hetero) is 1. The summed E-state index contributed by atoms with van der Waals surface area (Å²) in [5, 5.41) is 19.4. The Kier molecular flexibility index (Phi) is 2.59. The molecule has 0 aromatic heterocycles. The molecule has 0 heterocycles. The number of rotatable bonds is 1. The minimum absolute atomic E-state index is 0.0628. The second-order valence-electron chi connectivity index (χ2n) is 3.97. The molecule has 3 atom stereocenters. The molecule has 1 fully saturated rings. The van der Waals surface area contributed by atoms with Crippen LogP contribution in [0.15, 0.2) is 12.2 Å². The van der Waals surface area contributed by atoms with E-state index in [2.05, 4.69) is 6.58 Å². The molecule has 13 heavy (non-hydrogen) atoms. The number of aliphatic hydroxyl groups is 2. The zero-order valence-corrected chi connectivity index (χ0v) is 8.08. The van der Waals surface area contributed by atoms with Crippen molar-refractivity contribution in [1.82, 2.24) is 0 Å². The third-order valence-electron chi connectivity index (χ3n) is 2.88. The van der Waals surface area contributed by atoms with Crippen LogP contribution in [0.3, 0.4) is 0 Å². The first-order valence-corrected chi connectivity index (χ1v) is 4.50. The molecule has 0 aromatic carbocycles. The molecule has 0 aliphatic heterocycles. The third kappa shape index (κ3) is 1.54. The van der Waals surface area contributed by atoms with Gasteiger partial charge >= 0.3 is 0 Å². The molecule has 2 N–H and O–H groups in total. The van der Waals surface area contributed by atoms with Crippen molar-refractivity contribution in [3.63, 3.8) is 0 Å². The highest BCUT2D eigenvalue weighted by Crippen LogP contribution is 2.33. The highest BCUT2D eigenvalue weighted by atomic mass is 16.3. The first-order chi connectivity index (χ1) is 5.89. The summed E-state index contributed by atoms with van der Waals surface area (Å²) in [6.07, 6.45) is -0.0224. The molecule has 1 rings (SSSR count). The number of ketones is 1.